The van der Waals surface area contributed by atoms with E-state index in [2.05, 4.69) is 10.1 Å². The Morgan fingerprint density at radius 3 is 2.56 bits per heavy atom. The molecule has 11 heteroatoms. The molecule has 0 saturated heterocycles. The maximum atomic E-state index is 13.0. The largest absolute Gasteiger partial charge is 0.469 e. The van der Waals surface area contributed by atoms with Gasteiger partial charge in [-0.1, -0.05) is 0 Å². The average Bonchev–Trinajstić information content (AvgIpc) is 2.53. The van der Waals surface area contributed by atoms with Crippen LogP contribution in [0.25, 0.3) is 0 Å². The molecule has 1 aromatic carbocycles. The van der Waals surface area contributed by atoms with E-state index in [1.165, 1.54) is 14.0 Å². The van der Waals surface area contributed by atoms with Crippen LogP contribution in [0.5, 0.6) is 0 Å². The number of nitrogens with one attached hydrogen (secondary N) is 1. The highest BCUT2D eigenvalue weighted by Crippen LogP contribution is 2.37. The van der Waals surface area contributed by atoms with Crippen LogP contribution in [0.15, 0.2) is 18.2 Å². The number of alkyl halides is 3. The van der Waals surface area contributed by atoms with Crippen molar-refractivity contribution in [1.29, 1.82) is 0 Å². The number of ether oxygens (including phenoxy) is 1. The van der Waals surface area contributed by atoms with E-state index in [9.17, 15) is 32.9 Å². The molecule has 0 heterocycles. The fraction of sp³-hybridized carbons (Fsp3) is 0.429. The second kappa shape index (κ2) is 8.70. The van der Waals surface area contributed by atoms with Crippen LogP contribution in [0.4, 0.5) is 24.5 Å². The molecule has 0 aromatic heterocycles. The third-order valence-electron chi connectivity index (χ3n) is 3.05. The molecule has 0 fully saturated rings. The zero-order valence-corrected chi connectivity index (χ0v) is 14.1. The zero-order valence-electron chi connectivity index (χ0n) is 13.3. The van der Waals surface area contributed by atoms with Gasteiger partial charge in [-0.3, -0.25) is 19.7 Å². The van der Waals surface area contributed by atoms with E-state index in [0.29, 0.717) is 6.07 Å². The van der Waals surface area contributed by atoms with Gasteiger partial charge in [0.15, 0.2) is 0 Å². The van der Waals surface area contributed by atoms with E-state index in [1.807, 2.05) is 0 Å². The first-order valence-corrected chi connectivity index (χ1v) is 7.96. The van der Waals surface area contributed by atoms with Gasteiger partial charge in [0.2, 0.25) is 5.91 Å². The minimum atomic E-state index is -4.87. The summed E-state index contributed by atoms with van der Waals surface area (Å²) in [5.74, 6) is -0.919. The van der Waals surface area contributed by atoms with E-state index in [0.717, 1.165) is 23.9 Å². The van der Waals surface area contributed by atoms with Crippen molar-refractivity contribution in [2.24, 2.45) is 0 Å². The standard InChI is InChI=1S/C14H15F3N2O5S/c1-8(25-6-5-12(20)24-2)13(21)18-11-4-3-9(19(22)23)7-10(11)14(15,16)17/h3-4,7-8H,5-6H2,1-2H3,(H,18,21)/t8-/m0/s1. The molecule has 0 aliphatic heterocycles. The number of anilines is 1. The number of benzene rings is 1. The molecule has 1 aromatic rings. The molecule has 25 heavy (non-hydrogen) atoms. The summed E-state index contributed by atoms with van der Waals surface area (Å²) in [5, 5.41) is 12.0. The van der Waals surface area contributed by atoms with Gasteiger partial charge in [0.05, 0.1) is 35.0 Å². The van der Waals surface area contributed by atoms with Crippen LogP contribution in [0.2, 0.25) is 0 Å². The van der Waals surface area contributed by atoms with Crippen LogP contribution in [-0.2, 0) is 20.5 Å². The number of halogens is 3. The van der Waals surface area contributed by atoms with Crippen LogP contribution in [0, 0.1) is 10.1 Å². The smallest absolute Gasteiger partial charge is 0.418 e. The number of hydrogen-bond acceptors (Lipinski definition) is 6. The molecular weight excluding hydrogens is 365 g/mol. The van der Waals surface area contributed by atoms with Gasteiger partial charge in [-0.25, -0.2) is 0 Å². The number of carbonyl (C=O) groups excluding carboxylic acids is 2. The number of nitrogens with zero attached hydrogens (tertiary/aromatic N) is 1. The predicted octanol–water partition coefficient (Wildman–Crippen LogP) is 3.24. The first-order valence-electron chi connectivity index (χ1n) is 6.91. The molecule has 0 bridgehead atoms. The van der Waals surface area contributed by atoms with Crippen molar-refractivity contribution in [2.45, 2.75) is 24.8 Å². The SMILES string of the molecule is COC(=O)CCS[C@@H](C)C(=O)Nc1ccc([N+](=O)[O-])cc1C(F)(F)F. The van der Waals surface area contributed by atoms with Crippen molar-refractivity contribution in [1.82, 2.24) is 0 Å². The Labute approximate surface area is 145 Å². The highest BCUT2D eigenvalue weighted by atomic mass is 32.2. The van der Waals surface area contributed by atoms with Crippen molar-refractivity contribution in [3.63, 3.8) is 0 Å². The van der Waals surface area contributed by atoms with Gasteiger partial charge in [0.25, 0.3) is 5.69 Å². The quantitative estimate of drug-likeness (QED) is 0.443. The maximum absolute atomic E-state index is 13.0. The minimum Gasteiger partial charge on any atom is -0.469 e. The monoisotopic (exact) mass is 380 g/mol. The Bertz CT molecular complexity index is 666. The van der Waals surface area contributed by atoms with Crippen LogP contribution < -0.4 is 5.32 Å². The Balaban J connectivity index is 2.85. The fourth-order valence-corrected chi connectivity index (χ4v) is 2.57. The lowest BCUT2D eigenvalue weighted by atomic mass is 10.1. The molecule has 138 valence electrons. The normalized spacial score (nSPS) is 12.4. The van der Waals surface area contributed by atoms with Crippen LogP contribution in [0.1, 0.15) is 18.9 Å². The Morgan fingerprint density at radius 1 is 1.40 bits per heavy atom. The molecule has 1 N–H and O–H groups in total. The fourth-order valence-electron chi connectivity index (χ4n) is 1.72. The van der Waals surface area contributed by atoms with Crippen LogP contribution in [-0.4, -0.2) is 34.9 Å². The molecule has 0 saturated carbocycles. The second-order valence-electron chi connectivity index (χ2n) is 4.81. The maximum Gasteiger partial charge on any atom is 0.418 e. The van der Waals surface area contributed by atoms with Crippen molar-refractivity contribution in [3.05, 3.63) is 33.9 Å². The number of thioether (sulfide) groups is 1. The van der Waals surface area contributed by atoms with Gasteiger partial charge in [0.1, 0.15) is 0 Å². The highest BCUT2D eigenvalue weighted by molar-refractivity contribution is 8.00. The molecule has 0 aliphatic rings. The Morgan fingerprint density at radius 2 is 2.04 bits per heavy atom. The number of non-ortho nitro benzene ring substituents is 1. The number of methoxy groups -OCH3 is 1. The first kappa shape index (κ1) is 20.7. The average molecular weight is 380 g/mol. The second-order valence-corrected chi connectivity index (χ2v) is 6.26. The molecule has 7 nitrogen and oxygen atoms in total. The molecule has 1 rings (SSSR count). The van der Waals surface area contributed by atoms with Crippen LogP contribution >= 0.6 is 11.8 Å². The molecule has 0 unspecified atom stereocenters. The number of nitro benzene ring substituents is 1. The first-order chi connectivity index (χ1) is 11.6. The Kier molecular flexibility index (Phi) is 7.22. The number of hydrogen-bond donors (Lipinski definition) is 1. The molecule has 0 spiro atoms. The van der Waals surface area contributed by atoms with E-state index in [-0.39, 0.29) is 12.2 Å². The molecular formula is C14H15F3N2O5S. The molecule has 0 radical (unpaired) electrons. The van der Waals surface area contributed by atoms with E-state index < -0.39 is 45.2 Å². The van der Waals surface area contributed by atoms with Gasteiger partial charge >= 0.3 is 12.1 Å². The van der Waals surface area contributed by atoms with Gasteiger partial charge in [0, 0.05) is 17.9 Å². The molecule has 0 aliphatic carbocycles. The minimum absolute atomic E-state index is 0.0596. The Hall–Kier alpha value is -2.30. The third-order valence-corrected chi connectivity index (χ3v) is 4.20. The van der Waals surface area contributed by atoms with E-state index in [1.54, 1.807) is 0 Å². The summed E-state index contributed by atoms with van der Waals surface area (Å²) in [6.45, 7) is 1.47. The van der Waals surface area contributed by atoms with Crippen LogP contribution in [0.3, 0.4) is 0 Å². The van der Waals surface area contributed by atoms with Gasteiger partial charge in [-0.15, -0.1) is 11.8 Å². The van der Waals surface area contributed by atoms with Crippen molar-refractivity contribution >= 4 is 35.0 Å². The number of carbonyl (C=O) groups is 2. The highest BCUT2D eigenvalue weighted by Gasteiger charge is 2.36. The topological polar surface area (TPSA) is 98.5 Å². The lowest BCUT2D eigenvalue weighted by Gasteiger charge is -2.16. The lowest BCUT2D eigenvalue weighted by Crippen LogP contribution is -2.25. The summed E-state index contributed by atoms with van der Waals surface area (Å²) in [7, 11) is 1.22. The van der Waals surface area contributed by atoms with E-state index >= 15 is 0 Å². The number of amides is 1. The summed E-state index contributed by atoms with van der Waals surface area (Å²) >= 11 is 1.07. The van der Waals surface area contributed by atoms with Crippen molar-refractivity contribution in [3.8, 4) is 0 Å². The van der Waals surface area contributed by atoms with Crippen molar-refractivity contribution < 1.29 is 32.4 Å². The molecule has 1 atom stereocenters. The van der Waals surface area contributed by atoms with Gasteiger partial charge in [-0.2, -0.15) is 13.2 Å². The summed E-state index contributed by atoms with van der Waals surface area (Å²) in [5.41, 5.74) is -2.60. The van der Waals surface area contributed by atoms with Gasteiger partial charge < -0.3 is 10.1 Å². The zero-order chi connectivity index (χ0) is 19.2. The summed E-state index contributed by atoms with van der Waals surface area (Å²) in [4.78, 5) is 32.7. The van der Waals surface area contributed by atoms with E-state index in [4.69, 9.17) is 0 Å². The number of nitro groups is 1. The predicted molar refractivity (Wildman–Crippen MR) is 85.3 cm³/mol. The summed E-state index contributed by atoms with van der Waals surface area (Å²) in [6, 6.07) is 2.08. The summed E-state index contributed by atoms with van der Waals surface area (Å²) in [6.07, 6.45) is -4.81. The third kappa shape index (κ3) is 6.25. The van der Waals surface area contributed by atoms with Crippen molar-refractivity contribution in [2.75, 3.05) is 18.2 Å². The summed E-state index contributed by atoms with van der Waals surface area (Å²) < 4.78 is 43.6. The number of esters is 1. The molecule has 1 amide bonds. The lowest BCUT2D eigenvalue weighted by molar-refractivity contribution is -0.385. The number of rotatable bonds is 7. The van der Waals surface area contributed by atoms with Gasteiger partial charge in [-0.05, 0) is 13.0 Å².